The maximum absolute atomic E-state index is 13.3. The predicted octanol–water partition coefficient (Wildman–Crippen LogP) is 3.51. The minimum absolute atomic E-state index is 0.0303. The largest absolute Gasteiger partial charge is 0.481 e. The Morgan fingerprint density at radius 1 is 1.10 bits per heavy atom. The summed E-state index contributed by atoms with van der Waals surface area (Å²) in [5, 5.41) is 13.5. The quantitative estimate of drug-likeness (QED) is 0.658. The minimum Gasteiger partial charge on any atom is -0.481 e. The lowest BCUT2D eigenvalue weighted by molar-refractivity contribution is -0.139. The number of rotatable bonds is 6. The first-order chi connectivity index (χ1) is 15.0. The number of carboxylic acid groups (broad SMARTS) is 1. The molecule has 4 bridgehead atoms. The molecular weight excluding hydrogens is 410 g/mol. The number of hydrogen-bond acceptors (Lipinski definition) is 5. The van der Waals surface area contributed by atoms with Crippen molar-refractivity contribution in [2.24, 2.45) is 41.4 Å². The van der Waals surface area contributed by atoms with Gasteiger partial charge in [0.05, 0.1) is 11.5 Å². The monoisotopic (exact) mass is 441 g/mol. The number of piperidine rings is 1. The number of carbonyl (C=O) groups is 2. The molecule has 0 radical (unpaired) electrons. The number of thioether (sulfide) groups is 1. The molecule has 2 heterocycles. The van der Waals surface area contributed by atoms with E-state index in [2.05, 4.69) is 17.1 Å². The Kier molecular flexibility index (Phi) is 4.74. The molecule has 6 nitrogen and oxygen atoms in total. The van der Waals surface area contributed by atoms with E-state index in [4.69, 9.17) is 4.98 Å². The third kappa shape index (κ3) is 3.35. The Morgan fingerprint density at radius 2 is 1.74 bits per heavy atom. The van der Waals surface area contributed by atoms with Gasteiger partial charge in [-0.3, -0.25) is 9.59 Å². The van der Waals surface area contributed by atoms with Crippen molar-refractivity contribution < 1.29 is 14.7 Å². The van der Waals surface area contributed by atoms with E-state index in [1.54, 1.807) is 11.8 Å². The molecule has 0 aromatic carbocycles. The lowest BCUT2D eigenvalue weighted by atomic mass is 9.54. The average molecular weight is 442 g/mol. The number of pyridine rings is 1. The van der Waals surface area contributed by atoms with E-state index >= 15 is 0 Å². The number of carbonyl (C=O) groups excluding carboxylic acids is 1. The van der Waals surface area contributed by atoms with E-state index in [9.17, 15) is 14.7 Å². The number of fused-ring (bicyclic) bond motifs is 1. The summed E-state index contributed by atoms with van der Waals surface area (Å²) in [6, 6.07) is 4.22. The number of carboxylic acids is 1. The summed E-state index contributed by atoms with van der Waals surface area (Å²) in [7, 11) is 0. The smallest absolute Gasteiger partial charge is 0.307 e. The highest BCUT2D eigenvalue weighted by Crippen LogP contribution is 2.54. The number of anilines is 1. The van der Waals surface area contributed by atoms with Gasteiger partial charge in [0.15, 0.2) is 0 Å². The second-order valence-electron chi connectivity index (χ2n) is 10.5. The molecular formula is C24H31N3O3S. The van der Waals surface area contributed by atoms with Crippen molar-refractivity contribution in [3.8, 4) is 0 Å². The van der Waals surface area contributed by atoms with Gasteiger partial charge in [0.2, 0.25) is 0 Å². The van der Waals surface area contributed by atoms with Crippen LogP contribution in [-0.4, -0.2) is 46.9 Å². The zero-order valence-corrected chi connectivity index (χ0v) is 18.8. The third-order valence-corrected chi connectivity index (χ3v) is 9.57. The molecule has 1 amide bonds. The van der Waals surface area contributed by atoms with Crippen molar-refractivity contribution in [3.63, 3.8) is 0 Å². The maximum atomic E-state index is 13.3. The average Bonchev–Trinajstić information content (AvgIpc) is 3.25. The summed E-state index contributed by atoms with van der Waals surface area (Å²) in [4.78, 5) is 31.6. The van der Waals surface area contributed by atoms with Gasteiger partial charge in [-0.15, -0.1) is 11.8 Å². The van der Waals surface area contributed by atoms with Crippen molar-refractivity contribution in [3.05, 3.63) is 17.7 Å². The lowest BCUT2D eigenvalue weighted by Crippen LogP contribution is -2.55. The van der Waals surface area contributed by atoms with Gasteiger partial charge in [-0.25, -0.2) is 4.98 Å². The molecule has 7 heteroatoms. The molecule has 7 rings (SSSR count). The van der Waals surface area contributed by atoms with Crippen LogP contribution in [0.25, 0.3) is 0 Å². The van der Waals surface area contributed by atoms with E-state index < -0.39 is 5.97 Å². The normalized spacial score (nSPS) is 39.5. The van der Waals surface area contributed by atoms with Gasteiger partial charge in [0, 0.05) is 19.1 Å². The minimum atomic E-state index is -0.665. The van der Waals surface area contributed by atoms with Gasteiger partial charge in [0.1, 0.15) is 10.8 Å². The van der Waals surface area contributed by atoms with Gasteiger partial charge in [0.25, 0.3) is 5.91 Å². The van der Waals surface area contributed by atoms with Crippen LogP contribution in [0.15, 0.2) is 17.2 Å². The van der Waals surface area contributed by atoms with Gasteiger partial charge in [-0.2, -0.15) is 0 Å². The molecule has 1 aliphatic heterocycles. The summed E-state index contributed by atoms with van der Waals surface area (Å²) in [5.74, 6) is 4.55. The maximum Gasteiger partial charge on any atom is 0.307 e. The summed E-state index contributed by atoms with van der Waals surface area (Å²) in [5.41, 5.74) is 0.692. The zero-order valence-electron chi connectivity index (χ0n) is 18.0. The molecule has 6 fully saturated rings. The molecule has 1 saturated heterocycles. The van der Waals surface area contributed by atoms with Crippen LogP contribution in [0.1, 0.15) is 49.4 Å². The number of nitrogens with one attached hydrogen (secondary N) is 1. The van der Waals surface area contributed by atoms with E-state index in [1.165, 1.54) is 32.1 Å². The van der Waals surface area contributed by atoms with Crippen LogP contribution < -0.4 is 10.2 Å². The highest BCUT2D eigenvalue weighted by Gasteiger charge is 2.60. The molecule has 166 valence electrons. The summed E-state index contributed by atoms with van der Waals surface area (Å²) < 4.78 is 0. The first kappa shape index (κ1) is 19.9. The van der Waals surface area contributed by atoms with Crippen LogP contribution in [0.2, 0.25) is 0 Å². The Bertz CT molecular complexity index is 881. The van der Waals surface area contributed by atoms with Gasteiger partial charge >= 0.3 is 5.97 Å². The fraction of sp³-hybridized carbons (Fsp3) is 0.708. The Labute approximate surface area is 187 Å². The summed E-state index contributed by atoms with van der Waals surface area (Å²) >= 11 is 1.62. The molecule has 2 atom stereocenters. The summed E-state index contributed by atoms with van der Waals surface area (Å²) in [6.07, 6.45) is 6.59. The number of amides is 1. The predicted molar refractivity (Wildman–Crippen MR) is 119 cm³/mol. The molecule has 1 aromatic heterocycles. The van der Waals surface area contributed by atoms with Crippen LogP contribution in [-0.2, 0) is 4.79 Å². The van der Waals surface area contributed by atoms with Crippen LogP contribution in [0.3, 0.4) is 0 Å². The van der Waals surface area contributed by atoms with Crippen LogP contribution in [0, 0.1) is 41.4 Å². The fourth-order valence-electron chi connectivity index (χ4n) is 7.50. The third-order valence-electron chi connectivity index (χ3n) is 8.70. The van der Waals surface area contributed by atoms with Crippen molar-refractivity contribution in [2.75, 3.05) is 23.7 Å². The van der Waals surface area contributed by atoms with E-state index in [-0.39, 0.29) is 23.7 Å². The SMILES string of the molecule is CCSc1nc(N2CC3C(C2)C3C(=O)O)ccc1C(=O)NC1C2CC3CC(C2)CC1C3. The molecule has 1 aromatic rings. The molecule has 0 spiro atoms. The topological polar surface area (TPSA) is 82.5 Å². The highest BCUT2D eigenvalue weighted by atomic mass is 32.2. The second-order valence-corrected chi connectivity index (χ2v) is 11.7. The first-order valence-electron chi connectivity index (χ1n) is 11.9. The van der Waals surface area contributed by atoms with Crippen molar-refractivity contribution >= 4 is 29.5 Å². The van der Waals surface area contributed by atoms with Crippen LogP contribution >= 0.6 is 11.8 Å². The molecule has 2 unspecified atom stereocenters. The van der Waals surface area contributed by atoms with Gasteiger partial charge in [-0.1, -0.05) is 6.92 Å². The molecule has 6 aliphatic rings. The Morgan fingerprint density at radius 3 is 2.32 bits per heavy atom. The van der Waals surface area contributed by atoms with E-state index in [1.807, 2.05) is 12.1 Å². The molecule has 5 aliphatic carbocycles. The standard InChI is InChI=1S/C24H31N3O3S/c1-2-31-23-16(3-4-19(25-23)27-10-17-18(11-27)20(17)24(29)30)22(28)26-21-14-6-12-5-13(8-14)9-15(21)7-12/h3-4,12-15,17-18,20-21H,2,5-11H2,1H3,(H,26,28)(H,29,30). The summed E-state index contributed by atoms with van der Waals surface area (Å²) in [6.45, 7) is 3.59. The first-order valence-corrected chi connectivity index (χ1v) is 12.9. The Balaban J connectivity index is 1.17. The second kappa shape index (κ2) is 7.39. The van der Waals surface area contributed by atoms with E-state index in [0.717, 1.165) is 41.5 Å². The fourth-order valence-corrected chi connectivity index (χ4v) is 8.24. The van der Waals surface area contributed by atoms with Crippen molar-refractivity contribution in [2.45, 2.75) is 50.1 Å². The van der Waals surface area contributed by atoms with Gasteiger partial charge in [-0.05, 0) is 85.5 Å². The number of aromatic nitrogens is 1. The number of aliphatic carboxylic acids is 1. The molecule has 2 N–H and O–H groups in total. The van der Waals surface area contributed by atoms with Crippen LogP contribution in [0.4, 0.5) is 5.82 Å². The zero-order chi connectivity index (χ0) is 21.3. The number of nitrogens with zero attached hydrogens (tertiary/aromatic N) is 2. The number of hydrogen-bond donors (Lipinski definition) is 2. The van der Waals surface area contributed by atoms with Crippen molar-refractivity contribution in [1.82, 2.24) is 10.3 Å². The molecule has 5 saturated carbocycles. The highest BCUT2D eigenvalue weighted by molar-refractivity contribution is 7.99. The van der Waals surface area contributed by atoms with Gasteiger partial charge < -0.3 is 15.3 Å². The van der Waals surface area contributed by atoms with E-state index in [0.29, 0.717) is 23.4 Å². The Hall–Kier alpha value is -1.76. The lowest BCUT2D eigenvalue weighted by Gasteiger charge is -2.54. The molecule has 31 heavy (non-hydrogen) atoms. The van der Waals surface area contributed by atoms with Crippen molar-refractivity contribution in [1.29, 1.82) is 0 Å². The van der Waals surface area contributed by atoms with Crippen LogP contribution in [0.5, 0.6) is 0 Å².